The van der Waals surface area contributed by atoms with Crippen LogP contribution >= 0.6 is 0 Å². The van der Waals surface area contributed by atoms with Gasteiger partial charge in [0.25, 0.3) is 10.0 Å². The molecule has 0 aliphatic carbocycles. The van der Waals surface area contributed by atoms with Crippen LogP contribution in [0.2, 0.25) is 0 Å². The molecule has 0 spiro atoms. The highest BCUT2D eigenvalue weighted by Gasteiger charge is 2.42. The van der Waals surface area contributed by atoms with Crippen molar-refractivity contribution in [2.75, 3.05) is 20.9 Å². The molecule has 0 bridgehead atoms. The Kier molecular flexibility index (Phi) is 4.04. The molecule has 2 aliphatic heterocycles. The Labute approximate surface area is 158 Å². The van der Waals surface area contributed by atoms with Crippen molar-refractivity contribution < 1.29 is 21.6 Å². The van der Waals surface area contributed by atoms with Gasteiger partial charge in [-0.05, 0) is 42.3 Å². The van der Waals surface area contributed by atoms with Gasteiger partial charge in [0.05, 0.1) is 27.9 Å². The predicted molar refractivity (Wildman–Crippen MR) is 102 cm³/mol. The summed E-state index contributed by atoms with van der Waals surface area (Å²) in [6.45, 7) is 1.92. The summed E-state index contributed by atoms with van der Waals surface area (Å²) in [6.07, 6.45) is 0.645. The maximum atomic E-state index is 13.0. The van der Waals surface area contributed by atoms with E-state index < -0.39 is 31.9 Å². The minimum absolute atomic E-state index is 0.0556. The standard InChI is InChI=1S/C18H18N2O5S2/c1-13-12-26(22,23)20(18(13)21)15-6-8-16(9-7-15)27(24,25)19-11-10-14-4-2-3-5-17(14)19/h2-9,13H,10-12H2,1H3. The highest BCUT2D eigenvalue weighted by atomic mass is 32.2. The summed E-state index contributed by atoms with van der Waals surface area (Å²) in [5.41, 5.74) is 1.79. The molecule has 142 valence electrons. The first-order valence-electron chi connectivity index (χ1n) is 8.49. The molecule has 7 nitrogen and oxygen atoms in total. The molecule has 1 fully saturated rings. The van der Waals surface area contributed by atoms with Crippen LogP contribution in [0.3, 0.4) is 0 Å². The van der Waals surface area contributed by atoms with E-state index >= 15 is 0 Å². The van der Waals surface area contributed by atoms with Gasteiger partial charge in [-0.25, -0.2) is 21.1 Å². The summed E-state index contributed by atoms with van der Waals surface area (Å²) in [5.74, 6) is -1.35. The van der Waals surface area contributed by atoms with Crippen LogP contribution in [0.25, 0.3) is 0 Å². The van der Waals surface area contributed by atoms with Gasteiger partial charge in [0, 0.05) is 6.54 Å². The number of para-hydroxylation sites is 1. The van der Waals surface area contributed by atoms with Crippen molar-refractivity contribution in [2.24, 2.45) is 5.92 Å². The Hall–Kier alpha value is -2.39. The van der Waals surface area contributed by atoms with Crippen molar-refractivity contribution in [3.8, 4) is 0 Å². The summed E-state index contributed by atoms with van der Waals surface area (Å²) >= 11 is 0. The van der Waals surface area contributed by atoms with Crippen LogP contribution in [-0.4, -0.2) is 35.0 Å². The lowest BCUT2D eigenvalue weighted by Gasteiger charge is -2.20. The van der Waals surface area contributed by atoms with Gasteiger partial charge in [0.1, 0.15) is 0 Å². The zero-order valence-corrected chi connectivity index (χ0v) is 16.2. The third kappa shape index (κ3) is 2.81. The smallest absolute Gasteiger partial charge is 0.264 e. The fraction of sp³-hybridized carbons (Fsp3) is 0.278. The van der Waals surface area contributed by atoms with Crippen LogP contribution in [0.15, 0.2) is 53.4 Å². The number of carbonyl (C=O) groups is 1. The molecule has 1 saturated heterocycles. The monoisotopic (exact) mass is 406 g/mol. The fourth-order valence-electron chi connectivity index (χ4n) is 3.53. The lowest BCUT2D eigenvalue weighted by atomic mass is 10.2. The second-order valence-corrected chi connectivity index (χ2v) is 10.5. The number of benzene rings is 2. The quantitative estimate of drug-likeness (QED) is 0.774. The molecule has 0 saturated carbocycles. The van der Waals surface area contributed by atoms with Crippen LogP contribution in [0.1, 0.15) is 12.5 Å². The van der Waals surface area contributed by atoms with E-state index in [0.29, 0.717) is 18.7 Å². The lowest BCUT2D eigenvalue weighted by molar-refractivity contribution is -0.119. The SMILES string of the molecule is CC1CS(=O)(=O)N(c2ccc(S(=O)(=O)N3CCc4ccccc43)cc2)C1=O. The molecule has 0 aromatic heterocycles. The first kappa shape index (κ1) is 18.0. The number of anilines is 2. The minimum Gasteiger partial charge on any atom is -0.273 e. The number of rotatable bonds is 3. The van der Waals surface area contributed by atoms with Gasteiger partial charge < -0.3 is 0 Å². The molecule has 4 rings (SSSR count). The van der Waals surface area contributed by atoms with E-state index in [1.54, 1.807) is 19.1 Å². The number of hydrogen-bond donors (Lipinski definition) is 0. The second kappa shape index (κ2) is 6.07. The van der Waals surface area contributed by atoms with Gasteiger partial charge >= 0.3 is 0 Å². The van der Waals surface area contributed by atoms with Crippen molar-refractivity contribution in [1.82, 2.24) is 0 Å². The minimum atomic E-state index is -3.76. The van der Waals surface area contributed by atoms with Gasteiger partial charge in [0.2, 0.25) is 15.9 Å². The van der Waals surface area contributed by atoms with E-state index in [0.717, 1.165) is 9.87 Å². The number of carbonyl (C=O) groups excluding carboxylic acids is 1. The largest absolute Gasteiger partial charge is 0.273 e. The van der Waals surface area contributed by atoms with E-state index in [9.17, 15) is 21.6 Å². The molecule has 27 heavy (non-hydrogen) atoms. The zero-order chi connectivity index (χ0) is 19.4. The van der Waals surface area contributed by atoms with Gasteiger partial charge in [-0.15, -0.1) is 0 Å². The molecule has 0 N–H and O–H groups in total. The third-order valence-electron chi connectivity index (χ3n) is 4.86. The first-order chi connectivity index (χ1) is 12.7. The Morgan fingerprint density at radius 3 is 2.33 bits per heavy atom. The Morgan fingerprint density at radius 2 is 1.70 bits per heavy atom. The maximum Gasteiger partial charge on any atom is 0.264 e. The molecule has 9 heteroatoms. The van der Waals surface area contributed by atoms with Crippen LogP contribution < -0.4 is 8.61 Å². The van der Waals surface area contributed by atoms with Gasteiger partial charge in [0.15, 0.2) is 0 Å². The van der Waals surface area contributed by atoms with Crippen molar-refractivity contribution in [3.63, 3.8) is 0 Å². The van der Waals surface area contributed by atoms with Crippen LogP contribution in [-0.2, 0) is 31.3 Å². The Balaban J connectivity index is 1.68. The molecule has 2 aromatic carbocycles. The molecule has 1 atom stereocenters. The first-order valence-corrected chi connectivity index (χ1v) is 11.5. The highest BCUT2D eigenvalue weighted by molar-refractivity contribution is 7.94. The predicted octanol–water partition coefficient (Wildman–Crippen LogP) is 1.75. The van der Waals surface area contributed by atoms with Gasteiger partial charge in [-0.1, -0.05) is 25.1 Å². The van der Waals surface area contributed by atoms with Crippen LogP contribution in [0.5, 0.6) is 0 Å². The van der Waals surface area contributed by atoms with Gasteiger partial charge in [-0.3, -0.25) is 9.10 Å². The number of fused-ring (bicyclic) bond motifs is 1. The topological polar surface area (TPSA) is 91.8 Å². The third-order valence-corrected chi connectivity index (χ3v) is 8.56. The van der Waals surface area contributed by atoms with Crippen LogP contribution in [0.4, 0.5) is 11.4 Å². The van der Waals surface area contributed by atoms with E-state index in [2.05, 4.69) is 0 Å². The van der Waals surface area contributed by atoms with Crippen molar-refractivity contribution >= 4 is 37.3 Å². The normalized spacial score (nSPS) is 21.5. The molecular formula is C18H18N2O5S2. The Morgan fingerprint density at radius 1 is 1.04 bits per heavy atom. The number of amides is 1. The Bertz CT molecular complexity index is 1120. The molecule has 2 heterocycles. The number of hydrogen-bond acceptors (Lipinski definition) is 5. The van der Waals surface area contributed by atoms with Crippen molar-refractivity contribution in [1.29, 1.82) is 0 Å². The summed E-state index contributed by atoms with van der Waals surface area (Å²) in [4.78, 5) is 12.2. The molecule has 2 aromatic rings. The van der Waals surface area contributed by atoms with E-state index in [-0.39, 0.29) is 16.3 Å². The summed E-state index contributed by atoms with van der Waals surface area (Å²) in [5, 5.41) is 0. The van der Waals surface area contributed by atoms with Crippen LogP contribution in [0, 0.1) is 5.92 Å². The van der Waals surface area contributed by atoms with E-state index in [4.69, 9.17) is 0 Å². The molecule has 2 aliphatic rings. The second-order valence-electron chi connectivity index (χ2n) is 6.73. The van der Waals surface area contributed by atoms with E-state index in [1.807, 2.05) is 12.1 Å². The zero-order valence-electron chi connectivity index (χ0n) is 14.6. The fourth-order valence-corrected chi connectivity index (χ4v) is 6.85. The number of nitrogens with zero attached hydrogens (tertiary/aromatic N) is 2. The maximum absolute atomic E-state index is 13.0. The molecule has 1 unspecified atom stereocenters. The molecular weight excluding hydrogens is 388 g/mol. The average molecular weight is 406 g/mol. The summed E-state index contributed by atoms with van der Waals surface area (Å²) < 4.78 is 52.5. The average Bonchev–Trinajstić information content (AvgIpc) is 3.14. The summed E-state index contributed by atoms with van der Waals surface area (Å²) in [6, 6.07) is 12.8. The molecule has 1 amide bonds. The lowest BCUT2D eigenvalue weighted by Crippen LogP contribution is -2.31. The van der Waals surface area contributed by atoms with Gasteiger partial charge in [-0.2, -0.15) is 0 Å². The number of sulfonamides is 2. The summed E-state index contributed by atoms with van der Waals surface area (Å²) in [7, 11) is -7.48. The van der Waals surface area contributed by atoms with E-state index in [1.165, 1.54) is 28.6 Å². The highest BCUT2D eigenvalue weighted by Crippen LogP contribution is 2.34. The van der Waals surface area contributed by atoms with Crippen molar-refractivity contribution in [2.45, 2.75) is 18.2 Å². The molecule has 0 radical (unpaired) electrons. The van der Waals surface area contributed by atoms with Crippen molar-refractivity contribution in [3.05, 3.63) is 54.1 Å².